The van der Waals surface area contributed by atoms with Crippen LogP contribution in [0.5, 0.6) is 0 Å². The van der Waals surface area contributed by atoms with Crippen molar-refractivity contribution in [1.29, 1.82) is 0 Å². The lowest BCUT2D eigenvalue weighted by molar-refractivity contribution is 0.276. The Kier molecular flexibility index (Phi) is 6.15. The average molecular weight is 199 g/mol. The third kappa shape index (κ3) is 4.94. The molecule has 1 fully saturated rings. The van der Waals surface area contributed by atoms with Crippen LogP contribution in [0.1, 0.15) is 19.8 Å². The average Bonchev–Trinajstić information content (AvgIpc) is 2.38. The topological polar surface area (TPSA) is 18.5 Å². The summed E-state index contributed by atoms with van der Waals surface area (Å²) in [6.07, 6.45) is 2.56. The van der Waals surface area contributed by atoms with Crippen molar-refractivity contribution in [3.05, 3.63) is 0 Å². The summed E-state index contributed by atoms with van der Waals surface area (Å²) >= 11 is 0. The quantitative estimate of drug-likeness (QED) is 0.655. The van der Waals surface area contributed by atoms with Gasteiger partial charge in [0.2, 0.25) is 0 Å². The molecule has 0 bridgehead atoms. The Morgan fingerprint density at radius 1 is 1.07 bits per heavy atom. The SMILES string of the molecule is CCCNCCN1CCCN(C)CC1. The summed E-state index contributed by atoms with van der Waals surface area (Å²) in [7, 11) is 2.22. The predicted octanol–water partition coefficient (Wildman–Crippen LogP) is 0.624. The molecule has 84 valence electrons. The molecular weight excluding hydrogens is 174 g/mol. The summed E-state index contributed by atoms with van der Waals surface area (Å²) in [4.78, 5) is 5.01. The minimum Gasteiger partial charge on any atom is -0.315 e. The molecule has 1 saturated heterocycles. The molecule has 1 heterocycles. The molecule has 1 aliphatic rings. The second kappa shape index (κ2) is 7.21. The maximum absolute atomic E-state index is 3.46. The standard InChI is InChI=1S/C11H25N3/c1-3-5-12-6-9-14-8-4-7-13(2)10-11-14/h12H,3-11H2,1-2H3. The third-order valence-corrected chi connectivity index (χ3v) is 2.84. The van der Waals surface area contributed by atoms with E-state index in [0.717, 1.165) is 13.1 Å². The van der Waals surface area contributed by atoms with E-state index in [1.165, 1.54) is 45.6 Å². The molecule has 3 nitrogen and oxygen atoms in total. The number of likely N-dealkylation sites (N-methyl/N-ethyl adjacent to an activating group) is 1. The van der Waals surface area contributed by atoms with E-state index in [9.17, 15) is 0 Å². The zero-order chi connectivity index (χ0) is 10.2. The molecule has 3 heteroatoms. The van der Waals surface area contributed by atoms with Gasteiger partial charge in [-0.15, -0.1) is 0 Å². The molecule has 0 spiro atoms. The molecule has 0 amide bonds. The van der Waals surface area contributed by atoms with Crippen LogP contribution < -0.4 is 5.32 Å². The molecule has 14 heavy (non-hydrogen) atoms. The van der Waals surface area contributed by atoms with Gasteiger partial charge in [0.25, 0.3) is 0 Å². The Morgan fingerprint density at radius 2 is 1.93 bits per heavy atom. The first-order chi connectivity index (χ1) is 6.83. The van der Waals surface area contributed by atoms with Crippen LogP contribution in [-0.4, -0.2) is 62.7 Å². The summed E-state index contributed by atoms with van der Waals surface area (Å²) in [5.41, 5.74) is 0. The van der Waals surface area contributed by atoms with E-state index in [0.29, 0.717) is 0 Å². The second-order valence-electron chi connectivity index (χ2n) is 4.25. The molecule has 1 aliphatic heterocycles. The van der Waals surface area contributed by atoms with Gasteiger partial charge in [-0.05, 0) is 39.5 Å². The number of hydrogen-bond donors (Lipinski definition) is 1. The van der Waals surface area contributed by atoms with Gasteiger partial charge in [0.15, 0.2) is 0 Å². The zero-order valence-corrected chi connectivity index (χ0v) is 9.76. The van der Waals surface area contributed by atoms with Crippen LogP contribution in [-0.2, 0) is 0 Å². The minimum absolute atomic E-state index is 1.15. The predicted molar refractivity (Wildman–Crippen MR) is 61.7 cm³/mol. The minimum atomic E-state index is 1.15. The second-order valence-corrected chi connectivity index (χ2v) is 4.25. The highest BCUT2D eigenvalue weighted by Crippen LogP contribution is 1.99. The number of rotatable bonds is 5. The first-order valence-electron chi connectivity index (χ1n) is 5.94. The van der Waals surface area contributed by atoms with Gasteiger partial charge in [-0.3, -0.25) is 0 Å². The summed E-state index contributed by atoms with van der Waals surface area (Å²) in [6.45, 7) is 10.8. The highest BCUT2D eigenvalue weighted by atomic mass is 15.2. The maximum Gasteiger partial charge on any atom is 0.0110 e. The Morgan fingerprint density at radius 3 is 2.71 bits per heavy atom. The fourth-order valence-corrected chi connectivity index (χ4v) is 1.86. The van der Waals surface area contributed by atoms with Gasteiger partial charge in [-0.2, -0.15) is 0 Å². The number of nitrogens with zero attached hydrogens (tertiary/aromatic N) is 2. The van der Waals surface area contributed by atoms with Crippen LogP contribution in [0, 0.1) is 0 Å². The lowest BCUT2D eigenvalue weighted by atomic mass is 10.4. The summed E-state index contributed by atoms with van der Waals surface area (Å²) in [5.74, 6) is 0. The molecule has 0 unspecified atom stereocenters. The van der Waals surface area contributed by atoms with Crippen molar-refractivity contribution in [2.45, 2.75) is 19.8 Å². The van der Waals surface area contributed by atoms with E-state index >= 15 is 0 Å². The van der Waals surface area contributed by atoms with Crippen molar-refractivity contribution >= 4 is 0 Å². The Bertz CT molecular complexity index is 138. The number of nitrogens with one attached hydrogen (secondary N) is 1. The van der Waals surface area contributed by atoms with Crippen LogP contribution in [0.15, 0.2) is 0 Å². The van der Waals surface area contributed by atoms with E-state index in [-0.39, 0.29) is 0 Å². The van der Waals surface area contributed by atoms with Gasteiger partial charge in [0, 0.05) is 26.2 Å². The first-order valence-corrected chi connectivity index (χ1v) is 5.94. The monoisotopic (exact) mass is 199 g/mol. The molecular formula is C11H25N3. The van der Waals surface area contributed by atoms with Gasteiger partial charge >= 0.3 is 0 Å². The Hall–Kier alpha value is -0.120. The van der Waals surface area contributed by atoms with E-state index in [1.54, 1.807) is 0 Å². The summed E-state index contributed by atoms with van der Waals surface area (Å²) in [5, 5.41) is 3.46. The summed E-state index contributed by atoms with van der Waals surface area (Å²) < 4.78 is 0. The molecule has 0 aromatic heterocycles. The third-order valence-electron chi connectivity index (χ3n) is 2.84. The highest BCUT2D eigenvalue weighted by molar-refractivity contribution is 4.67. The van der Waals surface area contributed by atoms with E-state index in [2.05, 4.69) is 29.1 Å². The van der Waals surface area contributed by atoms with Crippen molar-refractivity contribution in [1.82, 2.24) is 15.1 Å². The molecule has 0 aromatic carbocycles. The highest BCUT2D eigenvalue weighted by Gasteiger charge is 2.10. The lowest BCUT2D eigenvalue weighted by Crippen LogP contribution is -2.35. The van der Waals surface area contributed by atoms with Crippen LogP contribution in [0.25, 0.3) is 0 Å². The van der Waals surface area contributed by atoms with Crippen LogP contribution in [0.2, 0.25) is 0 Å². The molecule has 0 radical (unpaired) electrons. The van der Waals surface area contributed by atoms with Crippen molar-refractivity contribution in [2.75, 3.05) is 52.9 Å². The van der Waals surface area contributed by atoms with Gasteiger partial charge in [-0.1, -0.05) is 6.92 Å². The van der Waals surface area contributed by atoms with Crippen LogP contribution in [0.4, 0.5) is 0 Å². The van der Waals surface area contributed by atoms with Crippen LogP contribution in [0.3, 0.4) is 0 Å². The largest absolute Gasteiger partial charge is 0.315 e. The van der Waals surface area contributed by atoms with E-state index in [4.69, 9.17) is 0 Å². The zero-order valence-electron chi connectivity index (χ0n) is 9.76. The molecule has 0 atom stereocenters. The Labute approximate surface area is 88.5 Å². The van der Waals surface area contributed by atoms with Crippen molar-refractivity contribution in [3.8, 4) is 0 Å². The first kappa shape index (κ1) is 12.0. The maximum atomic E-state index is 3.46. The Balaban J connectivity index is 2.05. The van der Waals surface area contributed by atoms with Crippen LogP contribution >= 0.6 is 0 Å². The molecule has 0 aliphatic carbocycles. The molecule has 1 rings (SSSR count). The fraction of sp³-hybridized carbons (Fsp3) is 1.00. The van der Waals surface area contributed by atoms with Gasteiger partial charge in [-0.25, -0.2) is 0 Å². The number of hydrogen-bond acceptors (Lipinski definition) is 3. The summed E-state index contributed by atoms with van der Waals surface area (Å²) in [6, 6.07) is 0. The molecule has 0 aromatic rings. The fourth-order valence-electron chi connectivity index (χ4n) is 1.86. The van der Waals surface area contributed by atoms with Gasteiger partial charge in [0.1, 0.15) is 0 Å². The van der Waals surface area contributed by atoms with Crippen molar-refractivity contribution < 1.29 is 0 Å². The van der Waals surface area contributed by atoms with Gasteiger partial charge < -0.3 is 15.1 Å². The van der Waals surface area contributed by atoms with E-state index < -0.39 is 0 Å². The smallest absolute Gasteiger partial charge is 0.0110 e. The lowest BCUT2D eigenvalue weighted by Gasteiger charge is -2.19. The van der Waals surface area contributed by atoms with Crippen molar-refractivity contribution in [3.63, 3.8) is 0 Å². The molecule has 0 saturated carbocycles. The molecule has 1 N–H and O–H groups in total. The normalized spacial score (nSPS) is 21.0. The van der Waals surface area contributed by atoms with Gasteiger partial charge in [0.05, 0.1) is 0 Å². The van der Waals surface area contributed by atoms with Crippen molar-refractivity contribution in [2.24, 2.45) is 0 Å². The van der Waals surface area contributed by atoms with E-state index in [1.807, 2.05) is 0 Å².